The van der Waals surface area contributed by atoms with E-state index in [1.807, 2.05) is 48.5 Å². The molecular formula is C32H30Cl2N4O8. The van der Waals surface area contributed by atoms with Crippen molar-refractivity contribution < 1.29 is 40.2 Å². The maximum atomic E-state index is 11.4. The Kier molecular flexibility index (Phi) is 10.5. The number of ether oxygens (including phenoxy) is 1. The van der Waals surface area contributed by atoms with Crippen LogP contribution in [0.3, 0.4) is 0 Å². The normalized spacial score (nSPS) is 14.2. The molecule has 0 fully saturated rings. The van der Waals surface area contributed by atoms with Gasteiger partial charge in [-0.2, -0.15) is 4.98 Å². The summed E-state index contributed by atoms with van der Waals surface area (Å²) in [5, 5.41) is 60.8. The molecule has 0 spiro atoms. The Hall–Kier alpha value is -4.11. The van der Waals surface area contributed by atoms with Gasteiger partial charge in [-0.05, 0) is 41.0 Å². The first-order valence-electron chi connectivity index (χ1n) is 14.0. The number of pyridine rings is 1. The van der Waals surface area contributed by atoms with Gasteiger partial charge >= 0.3 is 12.0 Å². The van der Waals surface area contributed by atoms with Crippen LogP contribution < -0.4 is 10.1 Å². The molecule has 0 aliphatic carbocycles. The first kappa shape index (κ1) is 33.3. The molecule has 0 amide bonds. The number of aromatic carboxylic acids is 1. The molecule has 14 heteroatoms. The van der Waals surface area contributed by atoms with Crippen molar-refractivity contribution in [1.82, 2.24) is 20.3 Å². The van der Waals surface area contributed by atoms with Crippen LogP contribution in [0.15, 0.2) is 72.8 Å². The number of aromatic nitrogens is 3. The third-order valence-corrected chi connectivity index (χ3v) is 7.86. The summed E-state index contributed by atoms with van der Waals surface area (Å²) in [6.07, 6.45) is -6.18. The van der Waals surface area contributed by atoms with Gasteiger partial charge in [0.2, 0.25) is 0 Å². The lowest BCUT2D eigenvalue weighted by Gasteiger charge is -2.25. The van der Waals surface area contributed by atoms with Crippen molar-refractivity contribution in [2.24, 2.45) is 0 Å². The molecule has 0 unspecified atom stereocenters. The van der Waals surface area contributed by atoms with Gasteiger partial charge in [0.05, 0.1) is 39.5 Å². The molecule has 0 saturated carbocycles. The molecule has 240 valence electrons. The monoisotopic (exact) mass is 668 g/mol. The highest BCUT2D eigenvalue weighted by Crippen LogP contribution is 2.32. The number of carboxylic acids is 1. The number of benzene rings is 3. The Labute approximate surface area is 272 Å². The minimum absolute atomic E-state index is 0.0371. The Balaban J connectivity index is 1.22. The van der Waals surface area contributed by atoms with Gasteiger partial charge in [-0.1, -0.05) is 71.7 Å². The van der Waals surface area contributed by atoms with Gasteiger partial charge in [-0.15, -0.1) is 0 Å². The van der Waals surface area contributed by atoms with Crippen molar-refractivity contribution in [3.8, 4) is 34.1 Å². The van der Waals surface area contributed by atoms with E-state index in [2.05, 4.69) is 20.3 Å². The summed E-state index contributed by atoms with van der Waals surface area (Å²) in [7, 11) is 0. The highest BCUT2D eigenvalue weighted by Gasteiger charge is 2.29. The molecular weight excluding hydrogens is 639 g/mol. The number of carboxylic acid groups (broad SMARTS) is 1. The number of H-pyrrole nitrogens is 1. The average molecular weight is 670 g/mol. The standard InChI is InChI=1S/C32H30Cl2N4O8/c33-22-10-9-20(11-21(22)31(44)45)46-32-36-24-12-23(34)27(37-30(24)38-32)19-7-5-18(6-8-19)17-3-1-16(2-4-17)13-35-14-25(40)28(42)29(43)26(41)15-39/h1-12,25-26,28-29,35,39-43H,13-15H2,(H,44,45)(H,36,37,38)/t25-,26+,28+,29+/m0/s1. The maximum Gasteiger partial charge on any atom is 0.337 e. The lowest BCUT2D eigenvalue weighted by molar-refractivity contribution is -0.114. The van der Waals surface area contributed by atoms with Gasteiger partial charge in [0.15, 0.2) is 5.65 Å². The molecule has 46 heavy (non-hydrogen) atoms. The van der Waals surface area contributed by atoms with Crippen molar-refractivity contribution in [3.63, 3.8) is 0 Å². The fraction of sp³-hybridized carbons (Fsp3) is 0.219. The fourth-order valence-corrected chi connectivity index (χ4v) is 5.13. The smallest absolute Gasteiger partial charge is 0.337 e. The minimum atomic E-state index is -1.67. The molecule has 0 bridgehead atoms. The maximum absolute atomic E-state index is 11.4. The predicted molar refractivity (Wildman–Crippen MR) is 171 cm³/mol. The van der Waals surface area contributed by atoms with E-state index in [1.165, 1.54) is 18.2 Å². The van der Waals surface area contributed by atoms with Crippen LogP contribution in [0.2, 0.25) is 10.0 Å². The van der Waals surface area contributed by atoms with Crippen LogP contribution in [0.25, 0.3) is 33.5 Å². The Bertz CT molecular complexity index is 1820. The number of aliphatic hydroxyl groups is 5. The average Bonchev–Trinajstić information content (AvgIpc) is 3.45. The van der Waals surface area contributed by atoms with Crippen molar-refractivity contribution in [3.05, 3.63) is 94.0 Å². The summed E-state index contributed by atoms with van der Waals surface area (Å²) in [6, 6.07) is 21.4. The number of halogens is 2. The number of aromatic amines is 1. The zero-order valence-electron chi connectivity index (χ0n) is 24.0. The van der Waals surface area contributed by atoms with Crippen LogP contribution in [-0.2, 0) is 6.54 Å². The zero-order chi connectivity index (χ0) is 33.0. The van der Waals surface area contributed by atoms with E-state index >= 15 is 0 Å². The molecule has 2 heterocycles. The number of imidazole rings is 1. The SMILES string of the molecule is O=C(O)c1cc(Oc2nc3nc(-c4ccc(-c5ccc(CNC[C@H](O)[C@@H](O)[C@H](O)[C@H](O)CO)cc5)cc4)c(Cl)cc3[nH]2)ccc1Cl. The molecule has 5 rings (SSSR count). The largest absolute Gasteiger partial charge is 0.478 e. The van der Waals surface area contributed by atoms with E-state index in [0.29, 0.717) is 28.4 Å². The molecule has 4 atom stereocenters. The topological polar surface area (TPSA) is 201 Å². The Morgan fingerprint density at radius 2 is 1.46 bits per heavy atom. The third kappa shape index (κ3) is 7.64. The van der Waals surface area contributed by atoms with Crippen LogP contribution in [0.5, 0.6) is 11.8 Å². The summed E-state index contributed by atoms with van der Waals surface area (Å²) >= 11 is 12.5. The highest BCUT2D eigenvalue weighted by atomic mass is 35.5. The highest BCUT2D eigenvalue weighted by molar-refractivity contribution is 6.34. The van der Waals surface area contributed by atoms with Crippen molar-refractivity contribution in [2.75, 3.05) is 13.2 Å². The van der Waals surface area contributed by atoms with Gasteiger partial charge in [-0.25, -0.2) is 9.78 Å². The zero-order valence-corrected chi connectivity index (χ0v) is 25.5. The van der Waals surface area contributed by atoms with Crippen LogP contribution in [0.1, 0.15) is 15.9 Å². The number of fused-ring (bicyclic) bond motifs is 1. The number of rotatable bonds is 13. The van der Waals surface area contributed by atoms with Crippen molar-refractivity contribution in [1.29, 1.82) is 0 Å². The number of hydrogen-bond acceptors (Lipinski definition) is 10. The lowest BCUT2D eigenvalue weighted by Crippen LogP contribution is -2.48. The van der Waals surface area contributed by atoms with Crippen molar-refractivity contribution in [2.45, 2.75) is 31.0 Å². The molecule has 0 aliphatic rings. The summed E-state index contributed by atoms with van der Waals surface area (Å²) in [5.41, 5.74) is 4.91. The number of hydrogen-bond donors (Lipinski definition) is 8. The van der Waals surface area contributed by atoms with Crippen LogP contribution >= 0.6 is 23.2 Å². The van der Waals surface area contributed by atoms with Gasteiger partial charge in [-0.3, -0.25) is 0 Å². The van der Waals surface area contributed by atoms with Crippen LogP contribution in [0, 0.1) is 0 Å². The predicted octanol–water partition coefficient (Wildman–Crippen LogP) is 3.61. The van der Waals surface area contributed by atoms with E-state index in [1.54, 1.807) is 6.07 Å². The number of nitrogens with one attached hydrogen (secondary N) is 2. The Morgan fingerprint density at radius 1 is 0.826 bits per heavy atom. The van der Waals surface area contributed by atoms with Gasteiger partial charge in [0.25, 0.3) is 0 Å². The molecule has 0 aliphatic heterocycles. The fourth-order valence-electron chi connectivity index (χ4n) is 4.67. The first-order valence-corrected chi connectivity index (χ1v) is 14.8. The molecule has 0 radical (unpaired) electrons. The summed E-state index contributed by atoms with van der Waals surface area (Å²) in [5.74, 6) is -0.945. The van der Waals surface area contributed by atoms with E-state index in [0.717, 1.165) is 22.3 Å². The molecule has 12 nitrogen and oxygen atoms in total. The van der Waals surface area contributed by atoms with E-state index in [9.17, 15) is 30.3 Å². The van der Waals surface area contributed by atoms with E-state index in [4.69, 9.17) is 33.0 Å². The van der Waals surface area contributed by atoms with Gasteiger partial charge < -0.3 is 45.7 Å². The number of nitrogens with zero attached hydrogens (tertiary/aromatic N) is 2. The second-order valence-electron chi connectivity index (χ2n) is 10.5. The van der Waals surface area contributed by atoms with E-state index < -0.39 is 37.0 Å². The van der Waals surface area contributed by atoms with Crippen LogP contribution in [0.4, 0.5) is 0 Å². The van der Waals surface area contributed by atoms with Gasteiger partial charge in [0.1, 0.15) is 24.1 Å². The lowest BCUT2D eigenvalue weighted by atomic mass is 10.0. The molecule has 3 aromatic carbocycles. The molecule has 8 N–H and O–H groups in total. The summed E-state index contributed by atoms with van der Waals surface area (Å²) in [6.45, 7) is -0.385. The van der Waals surface area contributed by atoms with Crippen molar-refractivity contribution >= 4 is 40.3 Å². The number of aliphatic hydroxyl groups excluding tert-OH is 5. The molecule has 2 aromatic heterocycles. The Morgan fingerprint density at radius 3 is 2.11 bits per heavy atom. The minimum Gasteiger partial charge on any atom is -0.478 e. The summed E-state index contributed by atoms with van der Waals surface area (Å²) in [4.78, 5) is 23.3. The molecule has 5 aromatic rings. The van der Waals surface area contributed by atoms with Crippen LogP contribution in [-0.4, -0.2) is 89.1 Å². The molecule has 0 saturated heterocycles. The second-order valence-corrected chi connectivity index (χ2v) is 11.3. The third-order valence-electron chi connectivity index (χ3n) is 7.24. The summed E-state index contributed by atoms with van der Waals surface area (Å²) < 4.78 is 5.71. The number of carbonyl (C=O) groups is 1. The van der Waals surface area contributed by atoms with Gasteiger partial charge in [0, 0.05) is 18.7 Å². The van der Waals surface area contributed by atoms with E-state index in [-0.39, 0.29) is 28.9 Å². The second kappa shape index (κ2) is 14.5. The first-order chi connectivity index (χ1) is 22.0. The quantitative estimate of drug-likeness (QED) is 0.0911.